The maximum absolute atomic E-state index is 12.1. The summed E-state index contributed by atoms with van der Waals surface area (Å²) in [5, 5.41) is 13.2. The molecule has 9 heteroatoms. The molecule has 3 aromatic rings. The molecule has 0 atom stereocenters. The molecule has 2 heterocycles. The quantitative estimate of drug-likeness (QED) is 0.750. The van der Waals surface area contributed by atoms with Crippen molar-refractivity contribution < 1.29 is 17.7 Å². The first-order chi connectivity index (χ1) is 10.9. The van der Waals surface area contributed by atoms with Crippen LogP contribution in [-0.4, -0.2) is 19.5 Å². The van der Waals surface area contributed by atoms with Gasteiger partial charge in [0, 0.05) is 11.8 Å². The number of benzene rings is 1. The van der Waals surface area contributed by atoms with Crippen molar-refractivity contribution in [2.45, 2.75) is 4.90 Å². The van der Waals surface area contributed by atoms with Crippen molar-refractivity contribution >= 4 is 33.0 Å². The topological polar surface area (TPSA) is 115 Å². The molecule has 0 saturated carbocycles. The van der Waals surface area contributed by atoms with E-state index in [9.17, 15) is 13.2 Å². The number of nitrogens with two attached hydrogens (primary N) is 1. The summed E-state index contributed by atoms with van der Waals surface area (Å²) in [6, 6.07) is 10.9. The first-order valence-corrected chi connectivity index (χ1v) is 8.81. The van der Waals surface area contributed by atoms with Crippen LogP contribution in [0.15, 0.2) is 57.3 Å². The number of rotatable bonds is 4. The number of primary sulfonamides is 1. The van der Waals surface area contributed by atoms with Gasteiger partial charge in [-0.2, -0.15) is 0 Å². The third-order valence-electron chi connectivity index (χ3n) is 2.93. The van der Waals surface area contributed by atoms with Gasteiger partial charge in [-0.25, -0.2) is 13.6 Å². The highest BCUT2D eigenvalue weighted by Gasteiger charge is 2.15. The largest absolute Gasteiger partial charge is 0.355 e. The second kappa shape index (κ2) is 5.95. The fraction of sp³-hybridized carbons (Fsp3) is 0. The molecule has 3 N–H and O–H groups in total. The molecule has 0 bridgehead atoms. The van der Waals surface area contributed by atoms with Crippen LogP contribution in [0.4, 0.5) is 5.69 Å². The van der Waals surface area contributed by atoms with Gasteiger partial charge in [0.1, 0.15) is 0 Å². The third kappa shape index (κ3) is 3.47. The zero-order valence-corrected chi connectivity index (χ0v) is 13.2. The molecule has 23 heavy (non-hydrogen) atoms. The Labute approximate surface area is 135 Å². The van der Waals surface area contributed by atoms with Gasteiger partial charge >= 0.3 is 0 Å². The Balaban J connectivity index is 1.80. The van der Waals surface area contributed by atoms with Crippen molar-refractivity contribution in [3.63, 3.8) is 0 Å². The van der Waals surface area contributed by atoms with Crippen LogP contribution in [0.2, 0.25) is 0 Å². The predicted octanol–water partition coefficient (Wildman–Crippen LogP) is 2.30. The van der Waals surface area contributed by atoms with E-state index in [0.717, 1.165) is 4.88 Å². The zero-order valence-electron chi connectivity index (χ0n) is 11.6. The fourth-order valence-corrected chi connectivity index (χ4v) is 3.10. The number of anilines is 1. The van der Waals surface area contributed by atoms with Crippen LogP contribution >= 0.6 is 11.3 Å². The zero-order chi connectivity index (χ0) is 16.4. The van der Waals surface area contributed by atoms with E-state index in [1.54, 1.807) is 6.07 Å². The lowest BCUT2D eigenvalue weighted by atomic mass is 10.3. The third-order valence-corrected chi connectivity index (χ3v) is 4.72. The van der Waals surface area contributed by atoms with Crippen LogP contribution in [0.25, 0.3) is 10.6 Å². The number of nitrogens with one attached hydrogen (secondary N) is 1. The van der Waals surface area contributed by atoms with Crippen LogP contribution in [0.1, 0.15) is 10.5 Å². The maximum Gasteiger partial charge on any atom is 0.277 e. The average molecular weight is 349 g/mol. The van der Waals surface area contributed by atoms with Crippen LogP contribution < -0.4 is 10.5 Å². The summed E-state index contributed by atoms with van der Waals surface area (Å²) in [5.41, 5.74) is 0.386. The summed E-state index contributed by atoms with van der Waals surface area (Å²) in [4.78, 5) is 12.9. The second-order valence-electron chi connectivity index (χ2n) is 4.58. The number of nitrogens with zero attached hydrogens (tertiary/aromatic N) is 1. The standard InChI is InChI=1S/C14H11N3O4S2/c15-23(19,20)10-4-1-3-9(7-10)16-14(18)11-8-12(21-17-11)13-5-2-6-22-13/h1-8H,(H,16,18)(H2,15,19,20). The Hall–Kier alpha value is -2.49. The van der Waals surface area contributed by atoms with Gasteiger partial charge in [-0.05, 0) is 29.6 Å². The molecule has 118 valence electrons. The van der Waals surface area contributed by atoms with Gasteiger partial charge < -0.3 is 9.84 Å². The number of carbonyl (C=O) groups is 1. The van der Waals surface area contributed by atoms with Crippen molar-refractivity contribution in [3.05, 3.63) is 53.5 Å². The molecular weight excluding hydrogens is 338 g/mol. The number of aromatic nitrogens is 1. The number of hydrogen-bond donors (Lipinski definition) is 2. The summed E-state index contributed by atoms with van der Waals surface area (Å²) in [5.74, 6) is -0.0217. The Morgan fingerprint density at radius 3 is 2.74 bits per heavy atom. The van der Waals surface area contributed by atoms with Crippen LogP contribution in [0.5, 0.6) is 0 Å². The Morgan fingerprint density at radius 1 is 1.22 bits per heavy atom. The monoisotopic (exact) mass is 349 g/mol. The van der Waals surface area contributed by atoms with E-state index < -0.39 is 15.9 Å². The van der Waals surface area contributed by atoms with Crippen LogP contribution in [0.3, 0.4) is 0 Å². The molecule has 0 radical (unpaired) electrons. The first-order valence-electron chi connectivity index (χ1n) is 6.38. The molecule has 0 fully saturated rings. The molecule has 1 aromatic carbocycles. The van der Waals surface area contributed by atoms with Gasteiger partial charge in [-0.15, -0.1) is 11.3 Å². The summed E-state index contributed by atoms with van der Waals surface area (Å²) in [6.45, 7) is 0. The van der Waals surface area contributed by atoms with E-state index in [4.69, 9.17) is 9.66 Å². The number of hydrogen-bond acceptors (Lipinski definition) is 6. The summed E-state index contributed by atoms with van der Waals surface area (Å²) in [6.07, 6.45) is 0. The maximum atomic E-state index is 12.1. The lowest BCUT2D eigenvalue weighted by Gasteiger charge is -2.04. The Bertz CT molecular complexity index is 946. The van der Waals surface area contributed by atoms with Crippen LogP contribution in [-0.2, 0) is 10.0 Å². The van der Waals surface area contributed by atoms with Gasteiger partial charge in [-0.1, -0.05) is 17.3 Å². The van der Waals surface area contributed by atoms with Crippen molar-refractivity contribution in [2.75, 3.05) is 5.32 Å². The van der Waals surface area contributed by atoms with Gasteiger partial charge in [0.15, 0.2) is 11.5 Å². The van der Waals surface area contributed by atoms with Gasteiger partial charge in [0.05, 0.1) is 9.77 Å². The van der Waals surface area contributed by atoms with Crippen molar-refractivity contribution in [2.24, 2.45) is 5.14 Å². The van der Waals surface area contributed by atoms with E-state index in [-0.39, 0.29) is 10.6 Å². The van der Waals surface area contributed by atoms with Gasteiger partial charge in [0.25, 0.3) is 5.91 Å². The molecule has 7 nitrogen and oxygen atoms in total. The SMILES string of the molecule is NS(=O)(=O)c1cccc(NC(=O)c2cc(-c3cccs3)on2)c1. The van der Waals surface area contributed by atoms with E-state index in [1.165, 1.54) is 35.6 Å². The lowest BCUT2D eigenvalue weighted by Crippen LogP contribution is -2.15. The van der Waals surface area contributed by atoms with Crippen molar-refractivity contribution in [1.29, 1.82) is 0 Å². The molecule has 1 amide bonds. The lowest BCUT2D eigenvalue weighted by molar-refractivity contribution is 0.101. The highest BCUT2D eigenvalue weighted by atomic mass is 32.2. The highest BCUT2D eigenvalue weighted by Crippen LogP contribution is 2.25. The molecule has 0 aliphatic carbocycles. The second-order valence-corrected chi connectivity index (χ2v) is 7.09. The summed E-state index contributed by atoms with van der Waals surface area (Å²) in [7, 11) is -3.84. The minimum atomic E-state index is -3.84. The molecule has 0 aliphatic heterocycles. The van der Waals surface area contributed by atoms with Crippen molar-refractivity contribution in [1.82, 2.24) is 5.16 Å². The number of amides is 1. The van der Waals surface area contributed by atoms with E-state index in [0.29, 0.717) is 11.4 Å². The van der Waals surface area contributed by atoms with Crippen molar-refractivity contribution in [3.8, 4) is 10.6 Å². The Kier molecular flexibility index (Phi) is 3.99. The minimum absolute atomic E-state index is 0.0882. The van der Waals surface area contributed by atoms with Gasteiger partial charge in [-0.3, -0.25) is 4.79 Å². The predicted molar refractivity (Wildman–Crippen MR) is 85.6 cm³/mol. The molecule has 0 spiro atoms. The number of thiophene rings is 1. The van der Waals surface area contributed by atoms with Crippen LogP contribution in [0, 0.1) is 0 Å². The molecule has 2 aromatic heterocycles. The van der Waals surface area contributed by atoms with E-state index >= 15 is 0 Å². The first kappa shape index (κ1) is 15.4. The number of sulfonamides is 1. The van der Waals surface area contributed by atoms with E-state index in [1.807, 2.05) is 17.5 Å². The molecule has 0 unspecified atom stereocenters. The summed E-state index contributed by atoms with van der Waals surface area (Å²) < 4.78 is 27.8. The molecule has 0 aliphatic rings. The smallest absolute Gasteiger partial charge is 0.277 e. The minimum Gasteiger partial charge on any atom is -0.355 e. The highest BCUT2D eigenvalue weighted by molar-refractivity contribution is 7.89. The van der Waals surface area contributed by atoms with E-state index in [2.05, 4.69) is 10.5 Å². The fourth-order valence-electron chi connectivity index (χ4n) is 1.86. The Morgan fingerprint density at radius 2 is 2.04 bits per heavy atom. The van der Waals surface area contributed by atoms with Gasteiger partial charge in [0.2, 0.25) is 10.0 Å². The normalized spacial score (nSPS) is 11.3. The number of carbonyl (C=O) groups excluding carboxylic acids is 1. The molecular formula is C14H11N3O4S2. The molecule has 3 rings (SSSR count). The average Bonchev–Trinajstić information content (AvgIpc) is 3.18. The summed E-state index contributed by atoms with van der Waals surface area (Å²) >= 11 is 1.46. The molecule has 0 saturated heterocycles.